The third-order valence-corrected chi connectivity index (χ3v) is 14.2. The van der Waals surface area contributed by atoms with Crippen molar-refractivity contribution in [3.05, 3.63) is 188 Å². The van der Waals surface area contributed by atoms with E-state index in [9.17, 15) is 26.3 Å². The largest absolute Gasteiger partial charge is 2.00 e. The average molecular weight is 1060 g/mol. The van der Waals surface area contributed by atoms with Gasteiger partial charge in [-0.15, -0.1) is 22.1 Å². The van der Waals surface area contributed by atoms with E-state index in [1.807, 2.05) is 48.6 Å². The maximum Gasteiger partial charge on any atom is 2.00 e. The average Bonchev–Trinajstić information content (AvgIpc) is 4.16. The quantitative estimate of drug-likeness (QED) is 0.130. The van der Waals surface area contributed by atoms with Crippen LogP contribution in [0, 0.1) is 0 Å². The Morgan fingerprint density at radius 3 is 1.23 bits per heavy atom. The Balaban J connectivity index is 0.00000689. The molecule has 5 heterocycles. The van der Waals surface area contributed by atoms with Gasteiger partial charge in [0.15, 0.2) is 0 Å². The van der Waals surface area contributed by atoms with Crippen LogP contribution in [-0.2, 0) is 50.5 Å². The van der Waals surface area contributed by atoms with E-state index in [-0.39, 0.29) is 38.2 Å². The number of aromatic nitrogens is 4. The molecule has 3 aromatic heterocycles. The molecular weight excluding hydrogens is 997 g/mol. The van der Waals surface area contributed by atoms with Gasteiger partial charge in [0.25, 0.3) is 0 Å². The second kappa shape index (κ2) is 18.3. The summed E-state index contributed by atoms with van der Waals surface area (Å²) in [6.07, 6.45) is -1.46. The molecule has 10 rings (SSSR count). The van der Waals surface area contributed by atoms with E-state index in [0.717, 1.165) is 68.8 Å². The topological polar surface area (TPSA) is 54.0 Å². The molecule has 0 N–H and O–H groups in total. The maximum absolute atomic E-state index is 14.2. The molecule has 2 aliphatic heterocycles. The number of nitrogens with zero attached hydrogens (tertiary/aromatic N) is 4. The molecule has 4 aromatic carbocycles. The molecule has 1 aliphatic carbocycles. The Bertz CT molecular complexity index is 3640. The molecule has 0 radical (unpaired) electrons. The number of rotatable bonds is 4. The summed E-state index contributed by atoms with van der Waals surface area (Å²) in [5.41, 5.74) is 13.0. The number of hydrogen-bond donors (Lipinski definition) is 0. The van der Waals surface area contributed by atoms with Crippen LogP contribution < -0.4 is 9.97 Å². The van der Waals surface area contributed by atoms with E-state index < -0.39 is 23.5 Å². The Kier molecular flexibility index (Phi) is 12.9. The van der Waals surface area contributed by atoms with Crippen molar-refractivity contribution in [1.82, 2.24) is 19.9 Å². The van der Waals surface area contributed by atoms with Gasteiger partial charge in [0.2, 0.25) is 0 Å². The Hall–Kier alpha value is -6.71. The summed E-state index contributed by atoms with van der Waals surface area (Å²) in [4.78, 5) is 21.5. The van der Waals surface area contributed by atoms with Gasteiger partial charge in [0, 0.05) is 0 Å². The van der Waals surface area contributed by atoms with E-state index >= 15 is 0 Å². The fourth-order valence-electron chi connectivity index (χ4n) is 9.91. The first-order valence-corrected chi connectivity index (χ1v) is 24.9. The molecule has 7 aromatic rings. The van der Waals surface area contributed by atoms with Crippen molar-refractivity contribution in [2.45, 2.75) is 117 Å². The molecule has 75 heavy (non-hydrogen) atoms. The summed E-state index contributed by atoms with van der Waals surface area (Å²) in [6.45, 7) is 26.1. The minimum Gasteiger partial charge on any atom is -0.657 e. The third kappa shape index (κ3) is 10.1. The molecular formula is C64H58F6N4Ni. The number of halogens is 6. The predicted molar refractivity (Wildman–Crippen MR) is 290 cm³/mol. The van der Waals surface area contributed by atoms with Gasteiger partial charge in [0.05, 0.1) is 33.9 Å². The predicted octanol–water partition coefficient (Wildman–Crippen LogP) is 17.8. The molecule has 386 valence electrons. The summed E-state index contributed by atoms with van der Waals surface area (Å²) in [5.74, 6) is 0. The minimum absolute atomic E-state index is 0. The monoisotopic (exact) mass is 1050 g/mol. The zero-order valence-corrected chi connectivity index (χ0v) is 45.1. The smallest absolute Gasteiger partial charge is 0.657 e. The van der Waals surface area contributed by atoms with Crippen molar-refractivity contribution >= 4 is 57.5 Å². The third-order valence-electron chi connectivity index (χ3n) is 14.2. The van der Waals surface area contributed by atoms with Crippen LogP contribution in [0.4, 0.5) is 26.3 Å². The normalized spacial score (nSPS) is 14.0. The van der Waals surface area contributed by atoms with Gasteiger partial charge < -0.3 is 9.97 Å². The fourth-order valence-corrected chi connectivity index (χ4v) is 9.91. The van der Waals surface area contributed by atoms with Crippen LogP contribution in [-0.4, -0.2) is 9.97 Å². The van der Waals surface area contributed by atoms with Gasteiger partial charge in [-0.3, -0.25) is 0 Å². The van der Waals surface area contributed by atoms with Crippen molar-refractivity contribution in [3.63, 3.8) is 0 Å². The van der Waals surface area contributed by atoms with Crippen molar-refractivity contribution < 1.29 is 42.8 Å². The Morgan fingerprint density at radius 2 is 0.773 bits per heavy atom. The van der Waals surface area contributed by atoms with Crippen molar-refractivity contribution in [2.24, 2.45) is 0 Å². The molecule has 0 fully saturated rings. The number of benzene rings is 4. The van der Waals surface area contributed by atoms with Crippen LogP contribution in [0.1, 0.15) is 161 Å². The SMILES string of the molecule is CC(C)(C)c1cc(-c2c3nc(c4c5[n-]c(cc5C(c5ccc(C(F)(F)F)cc5)=C4c4ccc(C(F)(F)F)cc4)c(-c4cc(C(C)(C)C)cc(C(C)(C)C)c4)c4nc(cc5ccc2[n-]5)C=C4)C=C3)cc(C(C)(C)C)c1.[Ni+2]. The number of alkyl halides is 6. The second-order valence-electron chi connectivity index (χ2n) is 23.9. The minimum atomic E-state index is -4.61. The van der Waals surface area contributed by atoms with E-state index in [1.54, 1.807) is 0 Å². The maximum atomic E-state index is 14.2. The van der Waals surface area contributed by atoms with E-state index in [0.29, 0.717) is 78.2 Å². The number of fused-ring (bicyclic) bond motifs is 8. The van der Waals surface area contributed by atoms with Crippen LogP contribution >= 0.6 is 0 Å². The zero-order chi connectivity index (χ0) is 53.2. The summed E-state index contributed by atoms with van der Waals surface area (Å²) >= 11 is 0. The van der Waals surface area contributed by atoms with Crippen molar-refractivity contribution in [3.8, 4) is 22.3 Å². The molecule has 8 bridgehead atoms. The summed E-state index contributed by atoms with van der Waals surface area (Å²) in [6, 6.07) is 30.9. The molecule has 0 unspecified atom stereocenters. The Labute approximate surface area is 445 Å². The molecule has 4 nitrogen and oxygen atoms in total. The van der Waals surface area contributed by atoms with Crippen LogP contribution in [0.2, 0.25) is 0 Å². The summed E-state index contributed by atoms with van der Waals surface area (Å²) in [5, 5.41) is 0. The van der Waals surface area contributed by atoms with Crippen LogP contribution in [0.5, 0.6) is 0 Å². The summed E-state index contributed by atoms with van der Waals surface area (Å²) in [7, 11) is 0. The second-order valence-corrected chi connectivity index (χ2v) is 23.9. The molecule has 11 heteroatoms. The molecule has 0 amide bonds. The Morgan fingerprint density at radius 1 is 0.360 bits per heavy atom. The van der Waals surface area contributed by atoms with Gasteiger partial charge in [-0.25, -0.2) is 9.97 Å². The standard InChI is InChI=1S/C64H58F6N4.Ni/c1-59(2,3)41-27-37(28-42(31-41)60(4,5)6)54-48-23-21-45(71-48)33-46-22-24-49(72-46)55(38-29-43(61(7,8)9)32-44(30-38)62(10,11)12)52-34-47-53(35-13-17-39(18-14-35)63(65,66)67)56(36-15-19-40(20-16-36)64(68,69)70)57(58(47)74-52)51-26-25-50(54)73-51;/h13-34H,1-12H3;/q-2;+2. The fraction of sp³-hybridized carbons (Fsp3) is 0.281. The van der Waals surface area contributed by atoms with E-state index in [2.05, 4.69) is 119 Å². The molecule has 0 spiro atoms. The molecule has 0 saturated heterocycles. The van der Waals surface area contributed by atoms with E-state index in [1.165, 1.54) is 24.3 Å². The van der Waals surface area contributed by atoms with Crippen LogP contribution in [0.25, 0.3) is 79.8 Å². The first-order chi connectivity index (χ1) is 34.4. The number of hydrogen-bond acceptors (Lipinski definition) is 2. The summed E-state index contributed by atoms with van der Waals surface area (Å²) < 4.78 is 85.4. The van der Waals surface area contributed by atoms with Crippen LogP contribution in [0.15, 0.2) is 109 Å². The van der Waals surface area contributed by atoms with Gasteiger partial charge >= 0.3 is 28.8 Å². The first kappa shape index (κ1) is 53.1. The molecule has 0 saturated carbocycles. The van der Waals surface area contributed by atoms with Gasteiger partial charge in [0.1, 0.15) is 0 Å². The van der Waals surface area contributed by atoms with Gasteiger partial charge in [-0.1, -0.05) is 168 Å². The van der Waals surface area contributed by atoms with E-state index in [4.69, 9.17) is 19.9 Å². The van der Waals surface area contributed by atoms with Gasteiger partial charge in [-0.05, 0) is 148 Å². The molecule has 3 aliphatic rings. The molecule has 0 atom stereocenters. The van der Waals surface area contributed by atoms with Gasteiger partial charge in [-0.2, -0.15) is 26.3 Å². The van der Waals surface area contributed by atoms with Crippen molar-refractivity contribution in [2.75, 3.05) is 0 Å². The first-order valence-electron chi connectivity index (χ1n) is 24.9. The van der Waals surface area contributed by atoms with Crippen molar-refractivity contribution in [1.29, 1.82) is 0 Å². The zero-order valence-electron chi connectivity index (χ0n) is 44.1. The van der Waals surface area contributed by atoms with Crippen LogP contribution in [0.3, 0.4) is 0 Å².